The van der Waals surface area contributed by atoms with Crippen LogP contribution in [0, 0.1) is 23.7 Å². The second kappa shape index (κ2) is 3.95. The van der Waals surface area contributed by atoms with E-state index < -0.39 is 6.10 Å². The van der Waals surface area contributed by atoms with Crippen molar-refractivity contribution in [3.63, 3.8) is 0 Å². The zero-order valence-corrected chi connectivity index (χ0v) is 10.8. The summed E-state index contributed by atoms with van der Waals surface area (Å²) in [4.78, 5) is 11.8. The molecule has 0 radical (unpaired) electrons. The highest BCUT2D eigenvalue weighted by molar-refractivity contribution is 5.75. The molecule has 1 heterocycles. The maximum absolute atomic E-state index is 11.8. The van der Waals surface area contributed by atoms with E-state index in [1.54, 1.807) is 0 Å². The number of fused-ring (bicyclic) bond motifs is 3. The molecule has 0 aromatic heterocycles. The van der Waals surface area contributed by atoms with Gasteiger partial charge >= 0.3 is 5.97 Å². The zero-order chi connectivity index (χ0) is 13.0. The summed E-state index contributed by atoms with van der Waals surface area (Å²) in [5.41, 5.74) is 2.26. The normalized spacial score (nSPS) is 47.6. The Balaban J connectivity index is 2.02. The second-order valence-electron chi connectivity index (χ2n) is 6.03. The number of esters is 1. The lowest BCUT2D eigenvalue weighted by molar-refractivity contribution is -0.145. The monoisotopic (exact) mass is 248 g/mol. The van der Waals surface area contributed by atoms with Gasteiger partial charge < -0.3 is 9.84 Å². The van der Waals surface area contributed by atoms with Crippen molar-refractivity contribution in [3.8, 4) is 0 Å². The first-order valence-corrected chi connectivity index (χ1v) is 6.74. The molecule has 0 bridgehead atoms. The van der Waals surface area contributed by atoms with E-state index in [2.05, 4.69) is 13.2 Å². The fourth-order valence-corrected chi connectivity index (χ4v) is 4.07. The molecule has 3 nitrogen and oxygen atoms in total. The predicted molar refractivity (Wildman–Crippen MR) is 67.7 cm³/mol. The number of aliphatic hydroxyl groups excluding tert-OH is 1. The minimum absolute atomic E-state index is 0.0981. The Morgan fingerprint density at radius 2 is 2.06 bits per heavy atom. The van der Waals surface area contributed by atoms with Gasteiger partial charge in [0.1, 0.15) is 6.10 Å². The number of rotatable bonds is 0. The van der Waals surface area contributed by atoms with Crippen LogP contribution in [0.2, 0.25) is 0 Å². The van der Waals surface area contributed by atoms with Crippen molar-refractivity contribution < 1.29 is 14.6 Å². The fraction of sp³-hybridized carbons (Fsp3) is 0.667. The van der Waals surface area contributed by atoms with E-state index >= 15 is 0 Å². The van der Waals surface area contributed by atoms with E-state index in [1.807, 2.05) is 6.92 Å². The zero-order valence-electron chi connectivity index (χ0n) is 10.8. The van der Waals surface area contributed by atoms with E-state index in [9.17, 15) is 9.90 Å². The number of aliphatic hydroxyl groups is 1. The van der Waals surface area contributed by atoms with Crippen molar-refractivity contribution in [1.82, 2.24) is 0 Å². The lowest BCUT2D eigenvalue weighted by Gasteiger charge is -2.27. The molecule has 3 rings (SSSR count). The summed E-state index contributed by atoms with van der Waals surface area (Å²) in [5, 5.41) is 10.3. The van der Waals surface area contributed by atoms with Crippen LogP contribution in [0.5, 0.6) is 0 Å². The maximum Gasteiger partial charge on any atom is 0.309 e. The third kappa shape index (κ3) is 1.50. The molecule has 3 heteroatoms. The highest BCUT2D eigenvalue weighted by atomic mass is 16.6. The Morgan fingerprint density at radius 1 is 1.33 bits per heavy atom. The second-order valence-corrected chi connectivity index (χ2v) is 6.03. The Morgan fingerprint density at radius 3 is 2.78 bits per heavy atom. The molecule has 1 saturated heterocycles. The smallest absolute Gasteiger partial charge is 0.309 e. The molecule has 0 aromatic rings. The van der Waals surface area contributed by atoms with Crippen LogP contribution in [-0.4, -0.2) is 23.3 Å². The molecule has 0 spiro atoms. The summed E-state index contributed by atoms with van der Waals surface area (Å²) in [6.07, 6.45) is 1.91. The predicted octanol–water partition coefficient (Wildman–Crippen LogP) is 2.07. The molecule has 3 fully saturated rings. The molecule has 0 amide bonds. The Labute approximate surface area is 108 Å². The maximum atomic E-state index is 11.8. The molecular formula is C15H20O3. The van der Waals surface area contributed by atoms with E-state index in [1.165, 1.54) is 0 Å². The topological polar surface area (TPSA) is 46.5 Å². The summed E-state index contributed by atoms with van der Waals surface area (Å²) < 4.78 is 5.56. The molecule has 6 atom stereocenters. The van der Waals surface area contributed by atoms with E-state index in [4.69, 9.17) is 4.74 Å². The number of carbonyl (C=O) groups is 1. The lowest BCUT2D eigenvalue weighted by atomic mass is 9.79. The average molecular weight is 248 g/mol. The van der Waals surface area contributed by atoms with E-state index in [0.717, 1.165) is 24.0 Å². The molecular weight excluding hydrogens is 228 g/mol. The molecule has 18 heavy (non-hydrogen) atoms. The van der Waals surface area contributed by atoms with Crippen LogP contribution in [0.1, 0.15) is 26.2 Å². The Kier molecular flexibility index (Phi) is 2.63. The Hall–Kier alpha value is -1.09. The van der Waals surface area contributed by atoms with Crippen LogP contribution in [-0.2, 0) is 9.53 Å². The highest BCUT2D eigenvalue weighted by Crippen LogP contribution is 2.52. The molecule has 0 aromatic carbocycles. The van der Waals surface area contributed by atoms with Crippen molar-refractivity contribution in [2.24, 2.45) is 23.7 Å². The fourth-order valence-electron chi connectivity index (χ4n) is 4.07. The molecule has 1 aliphatic heterocycles. The van der Waals surface area contributed by atoms with Gasteiger partial charge in [0.2, 0.25) is 0 Å². The third-order valence-corrected chi connectivity index (χ3v) is 5.06. The van der Waals surface area contributed by atoms with E-state index in [-0.39, 0.29) is 29.8 Å². The van der Waals surface area contributed by atoms with Gasteiger partial charge in [-0.2, -0.15) is 0 Å². The number of hydrogen-bond acceptors (Lipinski definition) is 3. The standard InChI is InChI=1S/C15H20O3/c1-7-4-5-10-8(2)6-11(16)13-9(3)15(17)18-14(13)12(7)10/h9-14,16H,1-2,4-6H2,3H3/t9?,10?,11-,12?,13?,14?/m1/s1. The SMILES string of the molecule is C=C1C[C@@H](O)C2C(C)C(=O)OC2C2C(=C)CCC12. The van der Waals surface area contributed by atoms with Crippen molar-refractivity contribution in [2.75, 3.05) is 0 Å². The van der Waals surface area contributed by atoms with E-state index in [0.29, 0.717) is 12.3 Å². The van der Waals surface area contributed by atoms with Crippen LogP contribution in [0.25, 0.3) is 0 Å². The van der Waals surface area contributed by atoms with Crippen LogP contribution < -0.4 is 0 Å². The van der Waals surface area contributed by atoms with Crippen molar-refractivity contribution in [1.29, 1.82) is 0 Å². The molecule has 5 unspecified atom stereocenters. The van der Waals surface area contributed by atoms with Gasteiger partial charge in [0.05, 0.1) is 12.0 Å². The summed E-state index contributed by atoms with van der Waals surface area (Å²) in [6.45, 7) is 10.1. The summed E-state index contributed by atoms with van der Waals surface area (Å²) in [6, 6.07) is 0. The lowest BCUT2D eigenvalue weighted by Crippen LogP contribution is -2.35. The van der Waals surface area contributed by atoms with Gasteiger partial charge in [-0.1, -0.05) is 31.2 Å². The summed E-state index contributed by atoms with van der Waals surface area (Å²) >= 11 is 0. The number of ether oxygens (including phenoxy) is 1. The largest absolute Gasteiger partial charge is 0.461 e. The quantitative estimate of drug-likeness (QED) is 0.527. The van der Waals surface area contributed by atoms with Gasteiger partial charge in [0.15, 0.2) is 0 Å². The van der Waals surface area contributed by atoms with Gasteiger partial charge in [0.25, 0.3) is 0 Å². The number of carbonyl (C=O) groups excluding carboxylic acids is 1. The third-order valence-electron chi connectivity index (χ3n) is 5.06. The van der Waals surface area contributed by atoms with Crippen molar-refractivity contribution in [2.45, 2.75) is 38.4 Å². The number of hydrogen-bond donors (Lipinski definition) is 1. The minimum Gasteiger partial charge on any atom is -0.461 e. The summed E-state index contributed by atoms with van der Waals surface area (Å²) in [5.74, 6) is 0.0212. The summed E-state index contributed by atoms with van der Waals surface area (Å²) in [7, 11) is 0. The van der Waals surface area contributed by atoms with Gasteiger partial charge in [0, 0.05) is 11.8 Å². The highest BCUT2D eigenvalue weighted by Gasteiger charge is 2.54. The first-order valence-electron chi connectivity index (χ1n) is 6.74. The molecule has 1 N–H and O–H groups in total. The van der Waals surface area contributed by atoms with Gasteiger partial charge in [-0.15, -0.1) is 0 Å². The Bertz CT molecular complexity index is 425. The first-order chi connectivity index (χ1) is 8.50. The molecule has 3 aliphatic rings. The molecule has 98 valence electrons. The van der Waals surface area contributed by atoms with Crippen LogP contribution in [0.15, 0.2) is 24.3 Å². The van der Waals surface area contributed by atoms with Crippen LogP contribution >= 0.6 is 0 Å². The molecule has 2 saturated carbocycles. The molecule has 2 aliphatic carbocycles. The van der Waals surface area contributed by atoms with Crippen LogP contribution in [0.4, 0.5) is 0 Å². The first kappa shape index (κ1) is 12.0. The van der Waals surface area contributed by atoms with Gasteiger partial charge in [-0.05, 0) is 25.2 Å². The van der Waals surface area contributed by atoms with Crippen molar-refractivity contribution >= 4 is 5.97 Å². The van der Waals surface area contributed by atoms with Gasteiger partial charge in [-0.25, -0.2) is 0 Å². The van der Waals surface area contributed by atoms with Crippen molar-refractivity contribution in [3.05, 3.63) is 24.3 Å². The van der Waals surface area contributed by atoms with Gasteiger partial charge in [-0.3, -0.25) is 4.79 Å². The van der Waals surface area contributed by atoms with Crippen LogP contribution in [0.3, 0.4) is 0 Å². The average Bonchev–Trinajstić information content (AvgIpc) is 2.77. The minimum atomic E-state index is -0.512.